The van der Waals surface area contributed by atoms with Crippen molar-refractivity contribution in [2.24, 2.45) is 5.92 Å². The number of carbonyl (C=O) groups excluding carboxylic acids is 1. The molecule has 0 N–H and O–H groups in total. The molecule has 5 heterocycles. The van der Waals surface area contributed by atoms with Crippen LogP contribution in [0.15, 0.2) is 4.63 Å². The van der Waals surface area contributed by atoms with E-state index in [1.807, 2.05) is 16.7 Å². The van der Waals surface area contributed by atoms with Crippen LogP contribution in [-0.2, 0) is 4.79 Å². The average Bonchev–Trinajstić information content (AvgIpc) is 3.36. The van der Waals surface area contributed by atoms with Gasteiger partial charge in [0.15, 0.2) is 11.6 Å². The van der Waals surface area contributed by atoms with Crippen LogP contribution in [0, 0.1) is 5.92 Å². The summed E-state index contributed by atoms with van der Waals surface area (Å²) in [5.74, 6) is 4.73. The zero-order valence-electron chi connectivity index (χ0n) is 15.9. The Labute approximate surface area is 167 Å². The van der Waals surface area contributed by atoms with Crippen molar-refractivity contribution in [1.29, 1.82) is 0 Å². The van der Waals surface area contributed by atoms with Crippen molar-refractivity contribution >= 4 is 40.6 Å². The SMILES string of the molecule is O=C1CCCN1CC1CCCN(c2nc3nonc3nc2N2CCSCC2)C1. The molecule has 3 aliphatic heterocycles. The van der Waals surface area contributed by atoms with E-state index in [0.717, 1.165) is 81.7 Å². The molecular weight excluding hydrogens is 378 g/mol. The van der Waals surface area contributed by atoms with Crippen molar-refractivity contribution in [2.75, 3.05) is 60.6 Å². The minimum atomic E-state index is 0.304. The van der Waals surface area contributed by atoms with Crippen LogP contribution in [0.25, 0.3) is 11.3 Å². The maximum atomic E-state index is 12.0. The van der Waals surface area contributed by atoms with Crippen LogP contribution >= 0.6 is 11.8 Å². The Balaban J connectivity index is 1.41. The third-order valence-corrected chi connectivity index (χ3v) is 6.80. The van der Waals surface area contributed by atoms with E-state index in [4.69, 9.17) is 14.6 Å². The summed E-state index contributed by atoms with van der Waals surface area (Å²) in [6, 6.07) is 0. The molecule has 0 aromatic carbocycles. The van der Waals surface area contributed by atoms with Gasteiger partial charge in [-0.05, 0) is 35.5 Å². The minimum Gasteiger partial charge on any atom is -0.353 e. The summed E-state index contributed by atoms with van der Waals surface area (Å²) in [6.45, 7) is 5.52. The number of piperidine rings is 1. The standard InChI is InChI=1S/C18H25N7O2S/c26-14-4-2-5-24(14)11-13-3-1-6-25(12-13)18-17(23-7-9-28-10-8-23)19-15-16(20-18)22-27-21-15/h13H,1-12H2. The minimum absolute atomic E-state index is 0.304. The van der Waals surface area contributed by atoms with E-state index < -0.39 is 0 Å². The summed E-state index contributed by atoms with van der Waals surface area (Å²) in [4.78, 5) is 28.2. The lowest BCUT2D eigenvalue weighted by atomic mass is 9.97. The Morgan fingerprint density at radius 3 is 2.43 bits per heavy atom. The number of anilines is 2. The van der Waals surface area contributed by atoms with Gasteiger partial charge in [0.25, 0.3) is 0 Å². The first kappa shape index (κ1) is 18.0. The number of rotatable bonds is 4. The van der Waals surface area contributed by atoms with Gasteiger partial charge in [0.1, 0.15) is 0 Å². The Hall–Kier alpha value is -2.10. The van der Waals surface area contributed by atoms with Gasteiger partial charge in [-0.1, -0.05) is 0 Å². The molecule has 150 valence electrons. The van der Waals surface area contributed by atoms with E-state index in [1.165, 1.54) is 0 Å². The smallest absolute Gasteiger partial charge is 0.245 e. The molecule has 5 rings (SSSR count). The first-order valence-corrected chi connectivity index (χ1v) is 11.3. The number of likely N-dealkylation sites (tertiary alicyclic amines) is 1. The molecular formula is C18H25N7O2S. The van der Waals surface area contributed by atoms with Crippen LogP contribution in [0.5, 0.6) is 0 Å². The zero-order valence-corrected chi connectivity index (χ0v) is 16.7. The quantitative estimate of drug-likeness (QED) is 0.751. The molecule has 3 aliphatic rings. The number of thioether (sulfide) groups is 1. The number of carbonyl (C=O) groups is 1. The van der Waals surface area contributed by atoms with Crippen molar-refractivity contribution in [3.63, 3.8) is 0 Å². The molecule has 10 heteroatoms. The summed E-state index contributed by atoms with van der Waals surface area (Å²) in [7, 11) is 0. The van der Waals surface area contributed by atoms with Gasteiger partial charge in [0, 0.05) is 57.2 Å². The second kappa shape index (κ2) is 7.73. The number of aromatic nitrogens is 4. The summed E-state index contributed by atoms with van der Waals surface area (Å²) in [5, 5.41) is 7.81. The number of nitrogens with zero attached hydrogens (tertiary/aromatic N) is 7. The first-order chi connectivity index (χ1) is 13.8. The fourth-order valence-electron chi connectivity index (χ4n) is 4.44. The molecule has 1 amide bonds. The zero-order chi connectivity index (χ0) is 18.9. The van der Waals surface area contributed by atoms with E-state index in [1.54, 1.807) is 0 Å². The predicted molar refractivity (Wildman–Crippen MR) is 108 cm³/mol. The Bertz CT molecular complexity index is 854. The molecule has 2 aromatic heterocycles. The third kappa shape index (κ3) is 3.49. The normalized spacial score (nSPS) is 23.8. The van der Waals surface area contributed by atoms with Crippen LogP contribution < -0.4 is 9.80 Å². The monoisotopic (exact) mass is 403 g/mol. The fraction of sp³-hybridized carbons (Fsp3) is 0.722. The van der Waals surface area contributed by atoms with Crippen LogP contribution in [0.4, 0.5) is 11.6 Å². The highest BCUT2D eigenvalue weighted by atomic mass is 32.2. The van der Waals surface area contributed by atoms with E-state index >= 15 is 0 Å². The van der Waals surface area contributed by atoms with Crippen LogP contribution in [0.3, 0.4) is 0 Å². The molecule has 0 spiro atoms. The highest BCUT2D eigenvalue weighted by Gasteiger charge is 2.30. The van der Waals surface area contributed by atoms with E-state index in [0.29, 0.717) is 29.5 Å². The molecule has 0 aliphatic carbocycles. The van der Waals surface area contributed by atoms with Crippen molar-refractivity contribution in [3.05, 3.63) is 0 Å². The van der Waals surface area contributed by atoms with Crippen molar-refractivity contribution in [1.82, 2.24) is 25.2 Å². The number of hydrogen-bond acceptors (Lipinski definition) is 9. The molecule has 28 heavy (non-hydrogen) atoms. The van der Waals surface area contributed by atoms with Gasteiger partial charge in [-0.15, -0.1) is 0 Å². The highest BCUT2D eigenvalue weighted by Crippen LogP contribution is 2.32. The summed E-state index contributed by atoms with van der Waals surface area (Å²) in [5.41, 5.74) is 0.926. The van der Waals surface area contributed by atoms with Crippen LogP contribution in [-0.4, -0.2) is 81.9 Å². The molecule has 9 nitrogen and oxygen atoms in total. The fourth-order valence-corrected chi connectivity index (χ4v) is 5.34. The maximum Gasteiger partial charge on any atom is 0.245 e. The van der Waals surface area contributed by atoms with Gasteiger partial charge in [0.05, 0.1) is 0 Å². The molecule has 3 fully saturated rings. The topological polar surface area (TPSA) is 91.5 Å². The number of hydrogen-bond donors (Lipinski definition) is 0. The predicted octanol–water partition coefficient (Wildman–Crippen LogP) is 1.40. The summed E-state index contributed by atoms with van der Waals surface area (Å²) in [6.07, 6.45) is 3.94. The summed E-state index contributed by atoms with van der Waals surface area (Å²) < 4.78 is 4.86. The van der Waals surface area contributed by atoms with E-state index in [-0.39, 0.29) is 0 Å². The largest absolute Gasteiger partial charge is 0.353 e. The molecule has 0 bridgehead atoms. The maximum absolute atomic E-state index is 12.0. The third-order valence-electron chi connectivity index (χ3n) is 5.86. The van der Waals surface area contributed by atoms with Crippen LogP contribution in [0.2, 0.25) is 0 Å². The Kier molecular flexibility index (Phi) is 4.96. The summed E-state index contributed by atoms with van der Waals surface area (Å²) >= 11 is 1.97. The van der Waals surface area contributed by atoms with E-state index in [2.05, 4.69) is 20.1 Å². The van der Waals surface area contributed by atoms with Gasteiger partial charge in [0.2, 0.25) is 17.2 Å². The second-order valence-electron chi connectivity index (χ2n) is 7.78. The van der Waals surface area contributed by atoms with Crippen molar-refractivity contribution in [2.45, 2.75) is 25.7 Å². The molecule has 1 atom stereocenters. The molecule has 1 unspecified atom stereocenters. The second-order valence-corrected chi connectivity index (χ2v) is 9.00. The number of fused-ring (bicyclic) bond motifs is 1. The lowest BCUT2D eigenvalue weighted by Crippen LogP contribution is -2.43. The van der Waals surface area contributed by atoms with E-state index in [9.17, 15) is 4.79 Å². The van der Waals surface area contributed by atoms with Gasteiger partial charge < -0.3 is 14.7 Å². The Morgan fingerprint density at radius 2 is 1.71 bits per heavy atom. The first-order valence-electron chi connectivity index (χ1n) is 10.1. The highest BCUT2D eigenvalue weighted by molar-refractivity contribution is 7.99. The molecule has 0 saturated carbocycles. The lowest BCUT2D eigenvalue weighted by Gasteiger charge is -2.37. The number of amides is 1. The molecule has 3 saturated heterocycles. The molecule has 2 aromatic rings. The van der Waals surface area contributed by atoms with Gasteiger partial charge in [-0.2, -0.15) is 11.8 Å². The molecule has 0 radical (unpaired) electrons. The van der Waals surface area contributed by atoms with Crippen molar-refractivity contribution < 1.29 is 9.42 Å². The van der Waals surface area contributed by atoms with Crippen molar-refractivity contribution in [3.8, 4) is 0 Å². The van der Waals surface area contributed by atoms with Gasteiger partial charge in [-0.3, -0.25) is 4.79 Å². The van der Waals surface area contributed by atoms with Crippen LogP contribution in [0.1, 0.15) is 25.7 Å². The van der Waals surface area contributed by atoms with Gasteiger partial charge in [-0.25, -0.2) is 14.6 Å². The average molecular weight is 404 g/mol. The van der Waals surface area contributed by atoms with Gasteiger partial charge >= 0.3 is 0 Å². The Morgan fingerprint density at radius 1 is 0.964 bits per heavy atom. The lowest BCUT2D eigenvalue weighted by molar-refractivity contribution is -0.128.